The average Bonchev–Trinajstić information content (AvgIpc) is 2.77. The highest BCUT2D eigenvalue weighted by molar-refractivity contribution is 8.07. The van der Waals surface area contributed by atoms with Gasteiger partial charge in [0, 0.05) is 23.3 Å². The Morgan fingerprint density at radius 2 is 2.20 bits per heavy atom. The summed E-state index contributed by atoms with van der Waals surface area (Å²) in [5.74, 6) is 2.26. The van der Waals surface area contributed by atoms with E-state index in [-0.39, 0.29) is 11.0 Å². The van der Waals surface area contributed by atoms with Crippen molar-refractivity contribution in [3.05, 3.63) is 16.9 Å². The van der Waals surface area contributed by atoms with Gasteiger partial charge in [0.1, 0.15) is 5.69 Å². The van der Waals surface area contributed by atoms with Gasteiger partial charge in [0.25, 0.3) is 0 Å². The van der Waals surface area contributed by atoms with Crippen LogP contribution in [0.5, 0.6) is 0 Å². The van der Waals surface area contributed by atoms with E-state index < -0.39 is 0 Å². The summed E-state index contributed by atoms with van der Waals surface area (Å²) < 4.78 is 1.75. The van der Waals surface area contributed by atoms with Crippen LogP contribution < -0.4 is 0 Å². The third kappa shape index (κ3) is 3.72. The SMILES string of the molecule is CC1SCCSC1C(=O)c1c(Cl)cnn1CCN(C)C. The number of rotatable bonds is 5. The summed E-state index contributed by atoms with van der Waals surface area (Å²) in [7, 11) is 4.00. The Morgan fingerprint density at radius 3 is 2.85 bits per heavy atom. The fourth-order valence-corrected chi connectivity index (χ4v) is 5.06. The zero-order valence-electron chi connectivity index (χ0n) is 12.0. The number of halogens is 1. The van der Waals surface area contributed by atoms with Crippen molar-refractivity contribution in [2.45, 2.75) is 24.0 Å². The number of aromatic nitrogens is 2. The van der Waals surface area contributed by atoms with Crippen LogP contribution in [0.1, 0.15) is 17.4 Å². The Morgan fingerprint density at radius 1 is 1.50 bits per heavy atom. The van der Waals surface area contributed by atoms with Gasteiger partial charge in [-0.3, -0.25) is 9.48 Å². The molecule has 4 nitrogen and oxygen atoms in total. The van der Waals surface area contributed by atoms with Gasteiger partial charge in [-0.1, -0.05) is 18.5 Å². The molecule has 2 rings (SSSR count). The number of hydrogen-bond donors (Lipinski definition) is 0. The van der Waals surface area contributed by atoms with Gasteiger partial charge in [-0.25, -0.2) is 0 Å². The van der Waals surface area contributed by atoms with Crippen molar-refractivity contribution in [2.75, 3.05) is 32.1 Å². The van der Waals surface area contributed by atoms with Crippen LogP contribution in [0.15, 0.2) is 6.20 Å². The zero-order chi connectivity index (χ0) is 14.7. The first-order valence-electron chi connectivity index (χ1n) is 6.64. The molecule has 0 bridgehead atoms. The summed E-state index contributed by atoms with van der Waals surface area (Å²) in [6.07, 6.45) is 1.58. The summed E-state index contributed by atoms with van der Waals surface area (Å²) in [4.78, 5) is 14.8. The monoisotopic (exact) mass is 333 g/mol. The van der Waals surface area contributed by atoms with Gasteiger partial charge in [-0.15, -0.1) is 11.8 Å². The third-order valence-corrected chi connectivity index (χ3v) is 6.60. The van der Waals surface area contributed by atoms with Crippen molar-refractivity contribution in [3.8, 4) is 0 Å². The number of carbonyl (C=O) groups is 1. The minimum Gasteiger partial charge on any atom is -0.308 e. The lowest BCUT2D eigenvalue weighted by Crippen LogP contribution is -2.33. The van der Waals surface area contributed by atoms with E-state index in [1.54, 1.807) is 22.6 Å². The van der Waals surface area contributed by atoms with Crippen LogP contribution in [0.4, 0.5) is 0 Å². The molecule has 1 fully saturated rings. The average molecular weight is 334 g/mol. The summed E-state index contributed by atoms with van der Waals surface area (Å²) in [5, 5.41) is 5.03. The summed E-state index contributed by atoms with van der Waals surface area (Å²) in [5.41, 5.74) is 0.570. The van der Waals surface area contributed by atoms with Gasteiger partial charge >= 0.3 is 0 Å². The quantitative estimate of drug-likeness (QED) is 0.774. The zero-order valence-corrected chi connectivity index (χ0v) is 14.4. The van der Waals surface area contributed by atoms with Crippen molar-refractivity contribution in [3.63, 3.8) is 0 Å². The fourth-order valence-electron chi connectivity index (χ4n) is 2.13. The van der Waals surface area contributed by atoms with E-state index in [0.717, 1.165) is 18.1 Å². The predicted octanol–water partition coefficient (Wildman–Crippen LogP) is 2.52. The van der Waals surface area contributed by atoms with Gasteiger partial charge in [0.05, 0.1) is 23.0 Å². The number of hydrogen-bond acceptors (Lipinski definition) is 5. The molecule has 7 heteroatoms. The normalized spacial score (nSPS) is 23.2. The standard InChI is InChI=1S/C13H20ClN3OS2/c1-9-13(20-7-6-19-9)12(18)11-10(14)8-15-17(11)5-4-16(2)3/h8-9,13H,4-7H2,1-3H3. The summed E-state index contributed by atoms with van der Waals surface area (Å²) >= 11 is 9.79. The van der Waals surface area contributed by atoms with Gasteiger partial charge in [0.2, 0.25) is 0 Å². The Bertz CT molecular complexity index is 478. The van der Waals surface area contributed by atoms with E-state index in [9.17, 15) is 4.79 Å². The lowest BCUT2D eigenvalue weighted by atomic mass is 10.1. The second-order valence-electron chi connectivity index (χ2n) is 5.10. The first-order chi connectivity index (χ1) is 9.50. The Labute approximate surface area is 133 Å². The maximum absolute atomic E-state index is 12.8. The van der Waals surface area contributed by atoms with Crippen molar-refractivity contribution >= 4 is 40.9 Å². The number of thioether (sulfide) groups is 2. The Balaban J connectivity index is 2.18. The Kier molecular flexibility index (Phi) is 5.84. The van der Waals surface area contributed by atoms with Crippen LogP contribution in [-0.4, -0.2) is 63.1 Å². The molecule has 1 aliphatic rings. The second kappa shape index (κ2) is 7.20. The van der Waals surface area contributed by atoms with Crippen LogP contribution >= 0.6 is 35.1 Å². The van der Waals surface area contributed by atoms with E-state index in [1.807, 2.05) is 25.9 Å². The maximum atomic E-state index is 12.8. The highest BCUT2D eigenvalue weighted by Gasteiger charge is 2.33. The molecule has 0 spiro atoms. The van der Waals surface area contributed by atoms with E-state index in [2.05, 4.69) is 16.9 Å². The Hall–Kier alpha value is -0.170. The molecule has 2 unspecified atom stereocenters. The largest absolute Gasteiger partial charge is 0.308 e. The summed E-state index contributed by atoms with van der Waals surface area (Å²) in [6.45, 7) is 3.63. The molecule has 2 heterocycles. The highest BCUT2D eigenvalue weighted by atomic mass is 35.5. The van der Waals surface area contributed by atoms with E-state index in [4.69, 9.17) is 11.6 Å². The lowest BCUT2D eigenvalue weighted by molar-refractivity contribution is 0.0978. The molecule has 0 N–H and O–H groups in total. The molecule has 2 atom stereocenters. The highest BCUT2D eigenvalue weighted by Crippen LogP contribution is 2.34. The molecule has 112 valence electrons. The van der Waals surface area contributed by atoms with E-state index >= 15 is 0 Å². The van der Waals surface area contributed by atoms with Gasteiger partial charge in [-0.2, -0.15) is 16.9 Å². The maximum Gasteiger partial charge on any atom is 0.196 e. The van der Waals surface area contributed by atoms with E-state index in [0.29, 0.717) is 22.5 Å². The fraction of sp³-hybridized carbons (Fsp3) is 0.692. The number of ketones is 1. The van der Waals surface area contributed by atoms with Gasteiger partial charge < -0.3 is 4.90 Å². The molecular formula is C13H20ClN3OS2. The van der Waals surface area contributed by atoms with Crippen molar-refractivity contribution in [2.24, 2.45) is 0 Å². The van der Waals surface area contributed by atoms with Crippen molar-refractivity contribution < 1.29 is 4.79 Å². The molecule has 1 saturated heterocycles. The molecular weight excluding hydrogens is 314 g/mol. The number of likely N-dealkylation sites (N-methyl/N-ethyl adjacent to an activating group) is 1. The minimum absolute atomic E-state index is 0.0129. The van der Waals surface area contributed by atoms with Crippen molar-refractivity contribution in [1.29, 1.82) is 0 Å². The van der Waals surface area contributed by atoms with Crippen LogP contribution in [0.3, 0.4) is 0 Å². The molecule has 0 saturated carbocycles. The van der Waals surface area contributed by atoms with Crippen LogP contribution in [0.2, 0.25) is 5.02 Å². The van der Waals surface area contributed by atoms with Crippen LogP contribution in [0.25, 0.3) is 0 Å². The first kappa shape index (κ1) is 16.2. The number of Topliss-reactive ketones (excluding diaryl/α,β-unsaturated/α-hetero) is 1. The topological polar surface area (TPSA) is 38.1 Å². The minimum atomic E-state index is -0.0129. The third-order valence-electron chi connectivity index (χ3n) is 3.23. The molecule has 0 aromatic carbocycles. The molecule has 0 radical (unpaired) electrons. The number of nitrogens with zero attached hydrogens (tertiary/aromatic N) is 3. The number of carbonyl (C=O) groups excluding carboxylic acids is 1. The molecule has 0 amide bonds. The first-order valence-corrected chi connectivity index (χ1v) is 9.11. The van der Waals surface area contributed by atoms with Gasteiger partial charge in [-0.05, 0) is 14.1 Å². The van der Waals surface area contributed by atoms with Crippen molar-refractivity contribution in [1.82, 2.24) is 14.7 Å². The lowest BCUT2D eigenvalue weighted by Gasteiger charge is -2.26. The van der Waals surface area contributed by atoms with E-state index in [1.165, 1.54) is 0 Å². The van der Waals surface area contributed by atoms with Crippen LogP contribution in [0, 0.1) is 0 Å². The van der Waals surface area contributed by atoms with Crippen LogP contribution in [-0.2, 0) is 6.54 Å². The predicted molar refractivity (Wildman–Crippen MR) is 88.3 cm³/mol. The molecule has 1 aliphatic heterocycles. The second-order valence-corrected chi connectivity index (χ2v) is 8.24. The summed E-state index contributed by atoms with van der Waals surface area (Å²) in [6, 6.07) is 0. The smallest absolute Gasteiger partial charge is 0.196 e. The van der Waals surface area contributed by atoms with Gasteiger partial charge in [0.15, 0.2) is 5.78 Å². The molecule has 20 heavy (non-hydrogen) atoms. The molecule has 0 aliphatic carbocycles. The molecule has 1 aromatic rings. The molecule has 1 aromatic heterocycles.